The van der Waals surface area contributed by atoms with Crippen LogP contribution in [0.25, 0.3) is 5.82 Å². The molecule has 2 radical (unpaired) electrons. The predicted molar refractivity (Wildman–Crippen MR) is 107 cm³/mol. The van der Waals surface area contributed by atoms with Crippen LogP contribution in [0.3, 0.4) is 0 Å². The van der Waals surface area contributed by atoms with Gasteiger partial charge in [-0.3, -0.25) is 0 Å². The highest BCUT2D eigenvalue weighted by atomic mass is 35.5. The third kappa shape index (κ3) is 3.16. The second-order valence-electron chi connectivity index (χ2n) is 6.15. The van der Waals surface area contributed by atoms with Gasteiger partial charge in [-0.05, 0) is 40.9 Å². The zero-order valence-electron chi connectivity index (χ0n) is 14.0. The lowest BCUT2D eigenvalue weighted by atomic mass is 9.98. The van der Waals surface area contributed by atoms with Gasteiger partial charge in [0.1, 0.15) is 19.5 Å². The first-order valence-corrected chi connectivity index (χ1v) is 8.64. The van der Waals surface area contributed by atoms with Gasteiger partial charge in [-0.2, -0.15) is 5.10 Å². The molecule has 26 heavy (non-hydrogen) atoms. The van der Waals surface area contributed by atoms with E-state index in [-0.39, 0.29) is 6.04 Å². The minimum atomic E-state index is -0.107. The third-order valence-corrected chi connectivity index (χ3v) is 4.68. The van der Waals surface area contributed by atoms with E-state index >= 15 is 0 Å². The summed E-state index contributed by atoms with van der Waals surface area (Å²) in [6.45, 7) is 0.639. The molecular weight excluding hydrogens is 345 g/mol. The Labute approximate surface area is 158 Å². The van der Waals surface area contributed by atoms with Crippen LogP contribution in [0.5, 0.6) is 0 Å². The Morgan fingerprint density at radius 2 is 1.96 bits per heavy atom. The van der Waals surface area contributed by atoms with Gasteiger partial charge in [0.25, 0.3) is 0 Å². The summed E-state index contributed by atoms with van der Waals surface area (Å²) in [5, 5.41) is 11.9. The van der Waals surface area contributed by atoms with Gasteiger partial charge in [0, 0.05) is 23.5 Å². The van der Waals surface area contributed by atoms with Crippen molar-refractivity contribution >= 4 is 42.2 Å². The minimum absolute atomic E-state index is 0.107. The van der Waals surface area contributed by atoms with Crippen LogP contribution in [-0.4, -0.2) is 17.6 Å². The molecular formula is C19H17BClN5. The number of nitrogen functional groups attached to an aromatic ring is 1. The number of aromatic nitrogens is 2. The Kier molecular flexibility index (Phi) is 4.35. The first-order valence-electron chi connectivity index (χ1n) is 8.27. The molecule has 3 aromatic rings. The van der Waals surface area contributed by atoms with Gasteiger partial charge in [-0.15, -0.1) is 0 Å². The highest BCUT2D eigenvalue weighted by Crippen LogP contribution is 2.31. The normalized spacial score (nSPS) is 15.7. The fourth-order valence-corrected chi connectivity index (χ4v) is 3.22. The SMILES string of the molecule is [B]c1cnn2c1NC(c1ccccc1Cl)C=C2NCc1ccc(N)cc1. The smallest absolute Gasteiger partial charge is 0.128 e. The van der Waals surface area contributed by atoms with Crippen molar-refractivity contribution in [2.45, 2.75) is 12.6 Å². The van der Waals surface area contributed by atoms with E-state index in [9.17, 15) is 0 Å². The van der Waals surface area contributed by atoms with Gasteiger partial charge in [0.05, 0.1) is 6.04 Å². The van der Waals surface area contributed by atoms with E-state index in [2.05, 4.69) is 21.8 Å². The molecule has 1 unspecified atom stereocenters. The van der Waals surface area contributed by atoms with Crippen molar-refractivity contribution in [3.8, 4) is 0 Å². The summed E-state index contributed by atoms with van der Waals surface area (Å²) < 4.78 is 1.76. The zero-order valence-corrected chi connectivity index (χ0v) is 14.7. The summed E-state index contributed by atoms with van der Waals surface area (Å²) in [6.07, 6.45) is 3.69. The number of rotatable bonds is 4. The highest BCUT2D eigenvalue weighted by Gasteiger charge is 2.23. The molecule has 4 N–H and O–H groups in total. The standard InChI is InChI=1S/C19H17BClN5/c20-15-11-24-26-18(23-10-12-5-7-13(22)8-6-12)9-17(25-19(15)26)14-3-1-2-4-16(14)21/h1-9,11,17,23,25H,10,22H2. The molecule has 4 rings (SSSR count). The molecule has 1 aliphatic heterocycles. The summed E-state index contributed by atoms with van der Waals surface area (Å²) >= 11 is 6.38. The van der Waals surface area contributed by atoms with Crippen molar-refractivity contribution in [1.29, 1.82) is 0 Å². The van der Waals surface area contributed by atoms with E-state index in [0.717, 1.165) is 28.5 Å². The van der Waals surface area contributed by atoms with Gasteiger partial charge in [0.15, 0.2) is 0 Å². The molecule has 2 aromatic carbocycles. The second kappa shape index (κ2) is 6.80. The average Bonchev–Trinajstić information content (AvgIpc) is 3.02. The Hall–Kier alpha value is -2.86. The van der Waals surface area contributed by atoms with Gasteiger partial charge in [0.2, 0.25) is 0 Å². The van der Waals surface area contributed by atoms with E-state index in [1.54, 1.807) is 10.9 Å². The monoisotopic (exact) mass is 361 g/mol. The lowest BCUT2D eigenvalue weighted by molar-refractivity contribution is 0.739. The lowest BCUT2D eigenvalue weighted by Crippen LogP contribution is -2.28. The number of anilines is 2. The first-order chi connectivity index (χ1) is 12.6. The molecule has 0 aliphatic carbocycles. The van der Waals surface area contributed by atoms with Crippen molar-refractivity contribution in [2.75, 3.05) is 11.1 Å². The summed E-state index contributed by atoms with van der Waals surface area (Å²) in [5.74, 6) is 1.59. The molecule has 1 aromatic heterocycles. The van der Waals surface area contributed by atoms with Crippen LogP contribution in [0.15, 0.2) is 60.8 Å². The van der Waals surface area contributed by atoms with Crippen molar-refractivity contribution in [3.63, 3.8) is 0 Å². The molecule has 1 aliphatic rings. The van der Waals surface area contributed by atoms with Crippen LogP contribution in [0.1, 0.15) is 17.2 Å². The maximum atomic E-state index is 6.38. The van der Waals surface area contributed by atoms with E-state index in [1.165, 1.54) is 0 Å². The molecule has 1 atom stereocenters. The van der Waals surface area contributed by atoms with Crippen LogP contribution in [0.4, 0.5) is 11.5 Å². The number of halogens is 1. The fraction of sp³-hybridized carbons (Fsp3) is 0.105. The van der Waals surface area contributed by atoms with Crippen LogP contribution in [-0.2, 0) is 6.54 Å². The largest absolute Gasteiger partial charge is 0.399 e. The number of hydrogen-bond acceptors (Lipinski definition) is 4. The van der Waals surface area contributed by atoms with Gasteiger partial charge in [-0.1, -0.05) is 41.9 Å². The van der Waals surface area contributed by atoms with E-state index in [4.69, 9.17) is 25.2 Å². The number of fused-ring (bicyclic) bond motifs is 1. The number of hydrogen-bond donors (Lipinski definition) is 3. The number of nitrogens with zero attached hydrogens (tertiary/aromatic N) is 2. The molecule has 5 nitrogen and oxygen atoms in total. The maximum Gasteiger partial charge on any atom is 0.128 e. The zero-order chi connectivity index (χ0) is 18.1. The summed E-state index contributed by atoms with van der Waals surface area (Å²) in [7, 11) is 6.08. The fourth-order valence-electron chi connectivity index (χ4n) is 2.96. The molecule has 128 valence electrons. The van der Waals surface area contributed by atoms with E-state index < -0.39 is 0 Å². The Balaban J connectivity index is 1.65. The van der Waals surface area contributed by atoms with Gasteiger partial charge in [-0.25, -0.2) is 4.68 Å². The minimum Gasteiger partial charge on any atom is -0.399 e. The van der Waals surface area contributed by atoms with E-state index in [1.807, 2.05) is 48.5 Å². The maximum absolute atomic E-state index is 6.38. The molecule has 0 amide bonds. The predicted octanol–water partition coefficient (Wildman–Crippen LogP) is 2.67. The number of nitrogens with one attached hydrogen (secondary N) is 2. The second-order valence-corrected chi connectivity index (χ2v) is 6.56. The van der Waals surface area contributed by atoms with Gasteiger partial charge >= 0.3 is 0 Å². The third-order valence-electron chi connectivity index (χ3n) is 4.34. The van der Waals surface area contributed by atoms with Gasteiger partial charge < -0.3 is 16.4 Å². The Bertz CT molecular complexity index is 964. The van der Waals surface area contributed by atoms with Crippen molar-refractivity contribution in [2.24, 2.45) is 0 Å². The Morgan fingerprint density at radius 1 is 1.19 bits per heavy atom. The summed E-state index contributed by atoms with van der Waals surface area (Å²) in [5.41, 5.74) is 9.18. The molecule has 0 spiro atoms. The molecule has 0 bridgehead atoms. The van der Waals surface area contributed by atoms with Crippen LogP contribution in [0.2, 0.25) is 5.02 Å². The Morgan fingerprint density at radius 3 is 2.73 bits per heavy atom. The molecule has 7 heteroatoms. The number of benzene rings is 2. The van der Waals surface area contributed by atoms with Crippen LogP contribution >= 0.6 is 11.6 Å². The molecule has 0 fully saturated rings. The average molecular weight is 362 g/mol. The summed E-state index contributed by atoms with van der Waals surface area (Å²) in [6, 6.07) is 15.4. The topological polar surface area (TPSA) is 67.9 Å². The molecule has 0 saturated heterocycles. The first kappa shape index (κ1) is 16.6. The van der Waals surface area contributed by atoms with Crippen molar-refractivity contribution in [1.82, 2.24) is 15.1 Å². The lowest BCUT2D eigenvalue weighted by Gasteiger charge is -2.27. The van der Waals surface area contributed by atoms with Crippen molar-refractivity contribution in [3.05, 3.63) is 77.0 Å². The van der Waals surface area contributed by atoms with E-state index in [0.29, 0.717) is 17.0 Å². The molecule has 2 heterocycles. The highest BCUT2D eigenvalue weighted by molar-refractivity contribution is 6.35. The quantitative estimate of drug-likeness (QED) is 0.494. The number of nitrogens with two attached hydrogens (primary N) is 1. The van der Waals surface area contributed by atoms with Crippen LogP contribution < -0.4 is 21.8 Å². The summed E-state index contributed by atoms with van der Waals surface area (Å²) in [4.78, 5) is 0. The molecule has 0 saturated carbocycles. The van der Waals surface area contributed by atoms with Crippen molar-refractivity contribution < 1.29 is 0 Å². The van der Waals surface area contributed by atoms with Crippen LogP contribution in [0, 0.1) is 0 Å².